The van der Waals surface area contributed by atoms with Crippen LogP contribution < -0.4 is 11.5 Å². The number of carbonyl (C=O) groups excluding carboxylic acids is 1. The quantitative estimate of drug-likeness (QED) is 0.186. The number of aromatic hydroxyl groups is 2. The van der Waals surface area contributed by atoms with Crippen LogP contribution in [0.3, 0.4) is 0 Å². The second-order valence-corrected chi connectivity index (χ2v) is 7.00. The van der Waals surface area contributed by atoms with Gasteiger partial charge in [0.15, 0.2) is 5.69 Å². The van der Waals surface area contributed by atoms with E-state index in [4.69, 9.17) is 37.0 Å². The number of primary amides is 1. The molecule has 2 aromatic carbocycles. The number of carboxylic acid groups (broad SMARTS) is 3. The van der Waals surface area contributed by atoms with Crippen LogP contribution in [0.5, 0.6) is 11.5 Å². The summed E-state index contributed by atoms with van der Waals surface area (Å²) in [6.07, 6.45) is 4.15. The van der Waals surface area contributed by atoms with Crippen molar-refractivity contribution in [3.8, 4) is 11.5 Å². The van der Waals surface area contributed by atoms with Gasteiger partial charge in [-0.2, -0.15) is 0 Å². The van der Waals surface area contributed by atoms with E-state index in [0.29, 0.717) is 5.69 Å². The molecular weight excluding hydrogens is 512 g/mol. The van der Waals surface area contributed by atoms with Crippen molar-refractivity contribution in [2.24, 2.45) is 5.73 Å². The standard InChI is InChI=1S/2C7H7NO2.C6H5NO3.C6H5NO2/c8-7(10)5-3-1-2-4-6(5)9;8-6-4-2-1-3-5(6)7(9)10;8-4-2-1-3-7-5(4)6(9)10;8-6(9)5-2-1-3-7-4-5/h1-4,9H,(H2,8,10);1-4H,8H2,(H,9,10);1-3,8H,(H,9,10);1-4H,(H,8,9). The van der Waals surface area contributed by atoms with Gasteiger partial charge in [-0.15, -0.1) is 0 Å². The molecule has 0 saturated heterocycles. The molecule has 202 valence electrons. The lowest BCUT2D eigenvalue weighted by Crippen LogP contribution is -2.10. The number of nitrogens with two attached hydrogens (primary N) is 2. The largest absolute Gasteiger partial charge is 0.507 e. The molecule has 0 aliphatic heterocycles. The van der Waals surface area contributed by atoms with Crippen LogP contribution in [-0.2, 0) is 0 Å². The summed E-state index contributed by atoms with van der Waals surface area (Å²) in [5.41, 5.74) is 10.8. The number of hydrogen-bond acceptors (Lipinski definition) is 9. The SMILES string of the molecule is NC(=O)c1ccccc1O.Nc1ccccc1C(=O)O.O=C(O)c1cccnc1.O=C(O)c1ncccc1O. The summed E-state index contributed by atoms with van der Waals surface area (Å²) in [5.74, 6) is -4.15. The van der Waals surface area contributed by atoms with Crippen LogP contribution in [-0.4, -0.2) is 59.3 Å². The molecule has 0 unspecified atom stereocenters. The summed E-state index contributed by atoms with van der Waals surface area (Å²) >= 11 is 0. The van der Waals surface area contributed by atoms with Crippen molar-refractivity contribution >= 4 is 29.5 Å². The predicted octanol–water partition coefficient (Wildman–Crippen LogP) is 2.72. The third kappa shape index (κ3) is 11.1. The fraction of sp³-hybridized carbons (Fsp3) is 0. The fourth-order valence-corrected chi connectivity index (χ4v) is 2.42. The molecule has 0 radical (unpaired) electrons. The molecule has 2 heterocycles. The van der Waals surface area contributed by atoms with E-state index in [9.17, 15) is 19.2 Å². The van der Waals surface area contributed by atoms with Crippen molar-refractivity contribution in [2.75, 3.05) is 5.73 Å². The van der Waals surface area contributed by atoms with Gasteiger partial charge < -0.3 is 37.0 Å². The Labute approximate surface area is 221 Å². The molecule has 2 aromatic heterocycles. The molecule has 0 atom stereocenters. The number of carbonyl (C=O) groups is 4. The zero-order valence-corrected chi connectivity index (χ0v) is 20.1. The Kier molecular flexibility index (Phi) is 12.7. The van der Waals surface area contributed by atoms with Gasteiger partial charge in [-0.05, 0) is 48.5 Å². The molecule has 0 aliphatic rings. The van der Waals surface area contributed by atoms with Gasteiger partial charge in [0, 0.05) is 24.3 Å². The van der Waals surface area contributed by atoms with Gasteiger partial charge in [-0.25, -0.2) is 19.4 Å². The first-order chi connectivity index (χ1) is 18.5. The maximum atomic E-state index is 10.5. The van der Waals surface area contributed by atoms with Crippen LogP contribution in [0.4, 0.5) is 5.69 Å². The number of amides is 1. The highest BCUT2D eigenvalue weighted by Gasteiger charge is 2.08. The highest BCUT2D eigenvalue weighted by molar-refractivity contribution is 5.95. The van der Waals surface area contributed by atoms with Gasteiger partial charge in [0.2, 0.25) is 0 Å². The normalized spacial score (nSPS) is 9.13. The number of para-hydroxylation sites is 2. The lowest BCUT2D eigenvalue weighted by atomic mass is 10.2. The summed E-state index contributed by atoms with van der Waals surface area (Å²) < 4.78 is 0. The Bertz CT molecular complexity index is 1280. The topological polar surface area (TPSA) is 247 Å². The molecule has 4 aromatic rings. The second kappa shape index (κ2) is 15.9. The Morgan fingerprint density at radius 2 is 1.21 bits per heavy atom. The summed E-state index contributed by atoms with van der Waals surface area (Å²) in [6.45, 7) is 0. The van der Waals surface area contributed by atoms with E-state index in [1.807, 2.05) is 0 Å². The van der Waals surface area contributed by atoms with Crippen molar-refractivity contribution in [3.05, 3.63) is 114 Å². The van der Waals surface area contributed by atoms with E-state index in [0.717, 1.165) is 0 Å². The Hall–Kier alpha value is -5.98. The first-order valence-electron chi connectivity index (χ1n) is 10.6. The predicted molar refractivity (Wildman–Crippen MR) is 138 cm³/mol. The van der Waals surface area contributed by atoms with Gasteiger partial charge in [-0.1, -0.05) is 24.3 Å². The number of hydrogen-bond donors (Lipinski definition) is 7. The smallest absolute Gasteiger partial charge is 0.358 e. The number of nitrogen functional groups attached to an aromatic ring is 1. The molecule has 0 fully saturated rings. The maximum Gasteiger partial charge on any atom is 0.358 e. The minimum Gasteiger partial charge on any atom is -0.507 e. The minimum absolute atomic E-state index is 0.0741. The van der Waals surface area contributed by atoms with Gasteiger partial charge in [0.25, 0.3) is 5.91 Å². The molecule has 13 heteroatoms. The molecule has 0 spiro atoms. The molecule has 0 aliphatic carbocycles. The van der Waals surface area contributed by atoms with Crippen molar-refractivity contribution in [2.45, 2.75) is 0 Å². The fourth-order valence-electron chi connectivity index (χ4n) is 2.42. The molecular formula is C26H24N4O9. The number of benzene rings is 2. The first-order valence-corrected chi connectivity index (χ1v) is 10.6. The summed E-state index contributed by atoms with van der Waals surface area (Å²) in [6, 6.07) is 18.3. The number of aromatic nitrogens is 2. The summed E-state index contributed by atoms with van der Waals surface area (Å²) in [5, 5.41) is 43.0. The number of phenols is 1. The van der Waals surface area contributed by atoms with E-state index >= 15 is 0 Å². The van der Waals surface area contributed by atoms with Gasteiger partial charge in [0.05, 0.1) is 16.7 Å². The highest BCUT2D eigenvalue weighted by Crippen LogP contribution is 2.14. The summed E-state index contributed by atoms with van der Waals surface area (Å²) in [4.78, 5) is 48.2. The van der Waals surface area contributed by atoms with E-state index < -0.39 is 23.8 Å². The third-order valence-corrected chi connectivity index (χ3v) is 4.26. The number of carboxylic acids is 3. The van der Waals surface area contributed by atoms with Gasteiger partial charge in [-0.3, -0.25) is 9.78 Å². The van der Waals surface area contributed by atoms with Crippen LogP contribution in [0.2, 0.25) is 0 Å². The van der Waals surface area contributed by atoms with Gasteiger partial charge >= 0.3 is 17.9 Å². The first kappa shape index (κ1) is 31.1. The molecule has 9 N–H and O–H groups in total. The van der Waals surface area contributed by atoms with E-state index in [-0.39, 0.29) is 33.9 Å². The highest BCUT2D eigenvalue weighted by atomic mass is 16.4. The van der Waals surface area contributed by atoms with Gasteiger partial charge in [0.1, 0.15) is 11.5 Å². The van der Waals surface area contributed by atoms with Crippen molar-refractivity contribution in [1.82, 2.24) is 9.97 Å². The van der Waals surface area contributed by atoms with Crippen LogP contribution in [0.25, 0.3) is 0 Å². The van der Waals surface area contributed by atoms with E-state index in [1.54, 1.807) is 36.4 Å². The molecule has 1 amide bonds. The van der Waals surface area contributed by atoms with E-state index in [2.05, 4.69) is 9.97 Å². The molecule has 4 rings (SSSR count). The zero-order chi connectivity index (χ0) is 29.4. The Morgan fingerprint density at radius 3 is 1.56 bits per heavy atom. The molecule has 0 bridgehead atoms. The van der Waals surface area contributed by atoms with Crippen LogP contribution >= 0.6 is 0 Å². The second-order valence-electron chi connectivity index (χ2n) is 7.00. The lowest BCUT2D eigenvalue weighted by Gasteiger charge is -1.96. The van der Waals surface area contributed by atoms with Crippen molar-refractivity contribution in [1.29, 1.82) is 0 Å². The Balaban J connectivity index is 0.000000260. The number of aromatic carboxylic acids is 3. The monoisotopic (exact) mass is 536 g/mol. The number of anilines is 1. The third-order valence-electron chi connectivity index (χ3n) is 4.26. The molecule has 0 saturated carbocycles. The van der Waals surface area contributed by atoms with Crippen molar-refractivity contribution in [3.63, 3.8) is 0 Å². The minimum atomic E-state index is -1.22. The van der Waals surface area contributed by atoms with E-state index in [1.165, 1.54) is 55.0 Å². The Morgan fingerprint density at radius 1 is 0.641 bits per heavy atom. The lowest BCUT2D eigenvalue weighted by molar-refractivity contribution is 0.0678. The number of nitrogens with zero attached hydrogens (tertiary/aromatic N) is 2. The van der Waals surface area contributed by atoms with Crippen LogP contribution in [0.1, 0.15) is 41.6 Å². The average molecular weight is 536 g/mol. The molecule has 39 heavy (non-hydrogen) atoms. The zero-order valence-electron chi connectivity index (χ0n) is 20.1. The van der Waals surface area contributed by atoms with Crippen LogP contribution in [0, 0.1) is 0 Å². The van der Waals surface area contributed by atoms with Crippen molar-refractivity contribution < 1.29 is 44.7 Å². The summed E-state index contributed by atoms with van der Waals surface area (Å²) in [7, 11) is 0. The number of rotatable bonds is 4. The van der Waals surface area contributed by atoms with Crippen LogP contribution in [0.15, 0.2) is 91.4 Å². The average Bonchev–Trinajstić information content (AvgIpc) is 2.90. The molecule has 13 nitrogen and oxygen atoms in total. The maximum absolute atomic E-state index is 10.5. The number of pyridine rings is 2.